The summed E-state index contributed by atoms with van der Waals surface area (Å²) in [4.78, 5) is 48.2. The first-order chi connectivity index (χ1) is 13.8. The number of aryl methyl sites for hydroxylation is 1. The number of non-ortho nitro benzene ring substituents is 1. The van der Waals surface area contributed by atoms with Gasteiger partial charge in [-0.3, -0.25) is 24.5 Å². The third-order valence-electron chi connectivity index (χ3n) is 4.46. The van der Waals surface area contributed by atoms with Crippen molar-refractivity contribution in [1.29, 1.82) is 0 Å². The van der Waals surface area contributed by atoms with Crippen molar-refractivity contribution in [1.82, 2.24) is 0 Å². The molecule has 1 fully saturated rings. The molecular formula is C20H19N3O6. The minimum Gasteiger partial charge on any atom is -0.455 e. The number of carbonyl (C=O) groups is 3. The molecule has 2 aromatic carbocycles. The number of nitrogens with zero attached hydrogens (tertiary/aromatic N) is 2. The van der Waals surface area contributed by atoms with Gasteiger partial charge < -0.3 is 15.0 Å². The molecule has 0 unspecified atom stereocenters. The van der Waals surface area contributed by atoms with Crippen LogP contribution in [0.15, 0.2) is 48.5 Å². The van der Waals surface area contributed by atoms with E-state index in [1.54, 1.807) is 6.07 Å². The lowest BCUT2D eigenvalue weighted by Gasteiger charge is -2.17. The summed E-state index contributed by atoms with van der Waals surface area (Å²) in [6.07, 6.45) is 0.0132. The molecule has 2 aromatic rings. The van der Waals surface area contributed by atoms with E-state index >= 15 is 0 Å². The van der Waals surface area contributed by atoms with Crippen molar-refractivity contribution < 1.29 is 24.0 Å². The van der Waals surface area contributed by atoms with Crippen molar-refractivity contribution in [3.8, 4) is 0 Å². The summed E-state index contributed by atoms with van der Waals surface area (Å²) in [6, 6.07) is 12.8. The number of esters is 1. The van der Waals surface area contributed by atoms with Crippen LogP contribution in [-0.4, -0.2) is 35.9 Å². The van der Waals surface area contributed by atoms with Crippen molar-refractivity contribution in [2.45, 2.75) is 13.3 Å². The Morgan fingerprint density at radius 3 is 2.72 bits per heavy atom. The van der Waals surface area contributed by atoms with Crippen LogP contribution < -0.4 is 10.2 Å². The van der Waals surface area contributed by atoms with Gasteiger partial charge in [-0.15, -0.1) is 0 Å². The summed E-state index contributed by atoms with van der Waals surface area (Å²) >= 11 is 0. The van der Waals surface area contributed by atoms with E-state index < -0.39 is 29.3 Å². The minimum absolute atomic E-state index is 0.0132. The number of hydrogen-bond acceptors (Lipinski definition) is 6. The molecule has 0 saturated carbocycles. The topological polar surface area (TPSA) is 119 Å². The number of rotatable bonds is 6. The zero-order valence-corrected chi connectivity index (χ0v) is 15.7. The highest BCUT2D eigenvalue weighted by Gasteiger charge is 2.36. The average molecular weight is 397 g/mol. The predicted molar refractivity (Wildman–Crippen MR) is 104 cm³/mol. The maximum absolute atomic E-state index is 12.3. The number of carbonyl (C=O) groups excluding carboxylic acids is 3. The molecule has 0 aliphatic carbocycles. The molecule has 0 bridgehead atoms. The zero-order chi connectivity index (χ0) is 21.0. The first-order valence-corrected chi connectivity index (χ1v) is 8.91. The van der Waals surface area contributed by atoms with Crippen molar-refractivity contribution in [2.75, 3.05) is 23.4 Å². The minimum atomic E-state index is -0.659. The molecule has 29 heavy (non-hydrogen) atoms. The number of anilines is 2. The molecular weight excluding hydrogens is 378 g/mol. The first-order valence-electron chi connectivity index (χ1n) is 8.91. The van der Waals surface area contributed by atoms with E-state index in [0.717, 1.165) is 5.56 Å². The molecule has 0 spiro atoms. The number of nitro groups is 1. The van der Waals surface area contributed by atoms with Crippen LogP contribution in [0, 0.1) is 23.0 Å². The van der Waals surface area contributed by atoms with E-state index in [2.05, 4.69) is 5.32 Å². The van der Waals surface area contributed by atoms with Crippen LogP contribution in [0.25, 0.3) is 0 Å². The average Bonchev–Trinajstić information content (AvgIpc) is 3.08. The maximum atomic E-state index is 12.3. The van der Waals surface area contributed by atoms with E-state index in [0.29, 0.717) is 5.69 Å². The number of hydrogen-bond donors (Lipinski definition) is 1. The van der Waals surface area contributed by atoms with Crippen molar-refractivity contribution >= 4 is 34.8 Å². The van der Waals surface area contributed by atoms with E-state index in [4.69, 9.17) is 4.74 Å². The molecule has 3 rings (SSSR count). The fourth-order valence-electron chi connectivity index (χ4n) is 3.06. The maximum Gasteiger partial charge on any atom is 0.311 e. The third-order valence-corrected chi connectivity index (χ3v) is 4.46. The molecule has 0 radical (unpaired) electrons. The Hall–Kier alpha value is -3.75. The Balaban J connectivity index is 1.53. The van der Waals surface area contributed by atoms with Crippen LogP contribution >= 0.6 is 0 Å². The summed E-state index contributed by atoms with van der Waals surface area (Å²) in [5.74, 6) is -2.10. The van der Waals surface area contributed by atoms with E-state index in [1.165, 1.54) is 29.2 Å². The Bertz CT molecular complexity index is 974. The molecule has 1 saturated heterocycles. The van der Waals surface area contributed by atoms with Gasteiger partial charge in [0.2, 0.25) is 5.91 Å². The first kappa shape index (κ1) is 20.0. The molecule has 1 aliphatic rings. The highest BCUT2D eigenvalue weighted by Crippen LogP contribution is 2.26. The Morgan fingerprint density at radius 2 is 2.00 bits per heavy atom. The molecule has 9 nitrogen and oxygen atoms in total. The smallest absolute Gasteiger partial charge is 0.311 e. The van der Waals surface area contributed by atoms with Crippen molar-refractivity contribution in [3.05, 3.63) is 64.2 Å². The van der Waals surface area contributed by atoms with Gasteiger partial charge in [0.1, 0.15) is 0 Å². The number of nitrogens with one attached hydrogen (secondary N) is 1. The van der Waals surface area contributed by atoms with Crippen LogP contribution in [0.4, 0.5) is 17.1 Å². The monoisotopic (exact) mass is 397 g/mol. The lowest BCUT2D eigenvalue weighted by atomic mass is 10.1. The van der Waals surface area contributed by atoms with Crippen molar-refractivity contribution in [3.63, 3.8) is 0 Å². The summed E-state index contributed by atoms with van der Waals surface area (Å²) < 4.78 is 5.03. The van der Waals surface area contributed by atoms with Crippen LogP contribution in [0.1, 0.15) is 12.0 Å². The van der Waals surface area contributed by atoms with Gasteiger partial charge in [-0.25, -0.2) is 0 Å². The van der Waals surface area contributed by atoms with E-state index in [-0.39, 0.29) is 30.2 Å². The highest BCUT2D eigenvalue weighted by atomic mass is 16.6. The molecule has 9 heteroatoms. The second-order valence-corrected chi connectivity index (χ2v) is 6.71. The number of amides is 2. The molecule has 1 heterocycles. The van der Waals surface area contributed by atoms with Crippen molar-refractivity contribution in [2.24, 2.45) is 5.92 Å². The molecule has 150 valence electrons. The van der Waals surface area contributed by atoms with Crippen LogP contribution in [0.3, 0.4) is 0 Å². The normalized spacial score (nSPS) is 15.8. The second kappa shape index (κ2) is 8.51. The van der Waals surface area contributed by atoms with Gasteiger partial charge in [-0.2, -0.15) is 0 Å². The lowest BCUT2D eigenvalue weighted by molar-refractivity contribution is -0.384. The molecule has 1 atom stereocenters. The summed E-state index contributed by atoms with van der Waals surface area (Å²) in [5.41, 5.74) is 1.77. The predicted octanol–water partition coefficient (Wildman–Crippen LogP) is 2.44. The third kappa shape index (κ3) is 4.95. The lowest BCUT2D eigenvalue weighted by Crippen LogP contribution is -2.28. The summed E-state index contributed by atoms with van der Waals surface area (Å²) in [6.45, 7) is 1.56. The van der Waals surface area contributed by atoms with Gasteiger partial charge in [0, 0.05) is 36.5 Å². The fourth-order valence-corrected chi connectivity index (χ4v) is 3.06. The SMILES string of the molecule is Cc1cccc(N2C[C@@H](C(=O)OCC(=O)Nc3cccc([N+](=O)[O-])c3)CC2=O)c1. The van der Waals surface area contributed by atoms with Crippen LogP contribution in [0.5, 0.6) is 0 Å². The van der Waals surface area contributed by atoms with Gasteiger partial charge >= 0.3 is 5.97 Å². The summed E-state index contributed by atoms with van der Waals surface area (Å²) in [5, 5.41) is 13.2. The molecule has 1 aliphatic heterocycles. The van der Waals surface area contributed by atoms with Gasteiger partial charge in [-0.1, -0.05) is 18.2 Å². The quantitative estimate of drug-likeness (QED) is 0.454. The van der Waals surface area contributed by atoms with Gasteiger partial charge in [0.05, 0.1) is 10.8 Å². The highest BCUT2D eigenvalue weighted by molar-refractivity contribution is 6.00. The molecule has 0 aromatic heterocycles. The number of benzene rings is 2. The van der Waals surface area contributed by atoms with Crippen LogP contribution in [-0.2, 0) is 19.1 Å². The van der Waals surface area contributed by atoms with E-state index in [9.17, 15) is 24.5 Å². The van der Waals surface area contributed by atoms with Gasteiger partial charge in [-0.05, 0) is 30.7 Å². The Morgan fingerprint density at radius 1 is 1.24 bits per heavy atom. The van der Waals surface area contributed by atoms with Crippen LogP contribution in [0.2, 0.25) is 0 Å². The zero-order valence-electron chi connectivity index (χ0n) is 15.7. The number of nitro benzene ring substituents is 1. The molecule has 2 amide bonds. The fraction of sp³-hybridized carbons (Fsp3) is 0.250. The standard InChI is InChI=1S/C20H19N3O6/c1-13-4-2-6-16(8-13)22-11-14(9-19(22)25)20(26)29-12-18(24)21-15-5-3-7-17(10-15)23(27)28/h2-8,10,14H,9,11-12H2,1H3,(H,21,24)/t14-/m0/s1. The van der Waals surface area contributed by atoms with Gasteiger partial charge in [0.25, 0.3) is 11.6 Å². The Labute approximate surface area is 166 Å². The summed E-state index contributed by atoms with van der Waals surface area (Å²) in [7, 11) is 0. The Kier molecular flexibility index (Phi) is 5.87. The molecule has 1 N–H and O–H groups in total. The number of ether oxygens (including phenoxy) is 1. The van der Waals surface area contributed by atoms with Gasteiger partial charge in [0.15, 0.2) is 6.61 Å². The van der Waals surface area contributed by atoms with E-state index in [1.807, 2.05) is 25.1 Å². The largest absolute Gasteiger partial charge is 0.455 e. The second-order valence-electron chi connectivity index (χ2n) is 6.71.